The summed E-state index contributed by atoms with van der Waals surface area (Å²) < 4.78 is 24.0. The molecule has 6 nitrogen and oxygen atoms in total. The number of rotatable bonds is 6. The molecule has 0 saturated heterocycles. The van der Waals surface area contributed by atoms with Crippen molar-refractivity contribution < 1.29 is 18.4 Å². The van der Waals surface area contributed by atoms with Gasteiger partial charge in [0.15, 0.2) is 5.82 Å². The van der Waals surface area contributed by atoms with E-state index in [1.807, 2.05) is 6.92 Å². The summed E-state index contributed by atoms with van der Waals surface area (Å²) in [4.78, 5) is 18.5. The first-order chi connectivity index (χ1) is 13.0. The van der Waals surface area contributed by atoms with Crippen molar-refractivity contribution in [2.75, 3.05) is 14.2 Å². The van der Waals surface area contributed by atoms with Crippen LogP contribution in [0, 0.1) is 5.82 Å². The predicted octanol–water partition coefficient (Wildman–Crippen LogP) is 3.72. The van der Waals surface area contributed by atoms with Crippen molar-refractivity contribution in [3.05, 3.63) is 65.6 Å². The first-order valence-corrected chi connectivity index (χ1v) is 8.52. The van der Waals surface area contributed by atoms with Gasteiger partial charge in [-0.15, -0.1) is 0 Å². The van der Waals surface area contributed by atoms with Crippen LogP contribution in [0.15, 0.2) is 47.0 Å². The van der Waals surface area contributed by atoms with Gasteiger partial charge in [0.25, 0.3) is 5.91 Å². The summed E-state index contributed by atoms with van der Waals surface area (Å²) in [7, 11) is 3.19. The molecular weight excluding hydrogens is 349 g/mol. The molecule has 0 atom stereocenters. The molecule has 2 aromatic carbocycles. The molecule has 0 bridgehead atoms. The number of aromatic nitrogens is 2. The van der Waals surface area contributed by atoms with Gasteiger partial charge >= 0.3 is 0 Å². The first kappa shape index (κ1) is 18.6. The Bertz CT molecular complexity index is 955. The van der Waals surface area contributed by atoms with E-state index in [0.717, 1.165) is 0 Å². The average Bonchev–Trinajstić information content (AvgIpc) is 3.15. The van der Waals surface area contributed by atoms with Crippen molar-refractivity contribution in [2.45, 2.75) is 19.9 Å². The van der Waals surface area contributed by atoms with Gasteiger partial charge in [-0.25, -0.2) is 4.39 Å². The fraction of sp³-hybridized carbons (Fsp3) is 0.250. The Kier molecular flexibility index (Phi) is 5.49. The topological polar surface area (TPSA) is 68.5 Å². The molecule has 3 aromatic rings. The van der Waals surface area contributed by atoms with Gasteiger partial charge in [-0.05, 0) is 35.9 Å². The fourth-order valence-electron chi connectivity index (χ4n) is 2.73. The van der Waals surface area contributed by atoms with Crippen molar-refractivity contribution in [2.24, 2.45) is 0 Å². The van der Waals surface area contributed by atoms with Crippen LogP contribution in [0.1, 0.15) is 29.0 Å². The summed E-state index contributed by atoms with van der Waals surface area (Å²) in [6.45, 7) is 2.15. The number of carbonyl (C=O) groups is 1. The number of amides is 1. The lowest BCUT2D eigenvalue weighted by Gasteiger charge is -2.16. The van der Waals surface area contributed by atoms with E-state index >= 15 is 0 Å². The second-order valence-corrected chi connectivity index (χ2v) is 6.04. The second kappa shape index (κ2) is 7.99. The number of benzene rings is 2. The third-order valence-corrected chi connectivity index (χ3v) is 4.12. The molecule has 0 N–H and O–H groups in total. The lowest BCUT2D eigenvalue weighted by molar-refractivity contribution is 0.0780. The summed E-state index contributed by atoms with van der Waals surface area (Å²) in [6, 6.07) is 11.3. The highest BCUT2D eigenvalue weighted by atomic mass is 19.1. The number of halogens is 1. The lowest BCUT2D eigenvalue weighted by atomic mass is 10.0. The molecule has 140 valence electrons. The van der Waals surface area contributed by atoms with Crippen molar-refractivity contribution in [1.82, 2.24) is 15.0 Å². The molecule has 0 radical (unpaired) electrons. The van der Waals surface area contributed by atoms with Crippen LogP contribution in [0.2, 0.25) is 0 Å². The van der Waals surface area contributed by atoms with Crippen molar-refractivity contribution in [3.8, 4) is 16.9 Å². The quantitative estimate of drug-likeness (QED) is 0.662. The molecular formula is C20H20FN3O3. The zero-order chi connectivity index (χ0) is 19.4. The molecule has 1 amide bonds. The fourth-order valence-corrected chi connectivity index (χ4v) is 2.73. The molecule has 3 rings (SSSR count). The Morgan fingerprint density at radius 3 is 2.78 bits per heavy atom. The van der Waals surface area contributed by atoms with Gasteiger partial charge in [-0.3, -0.25) is 4.79 Å². The van der Waals surface area contributed by atoms with Crippen molar-refractivity contribution in [1.29, 1.82) is 0 Å². The average molecular weight is 369 g/mol. The van der Waals surface area contributed by atoms with Crippen LogP contribution >= 0.6 is 0 Å². The minimum atomic E-state index is -0.372. The van der Waals surface area contributed by atoms with E-state index in [1.165, 1.54) is 24.1 Å². The third-order valence-electron chi connectivity index (χ3n) is 4.12. The highest BCUT2D eigenvalue weighted by molar-refractivity contribution is 5.95. The molecule has 0 unspecified atom stereocenters. The predicted molar refractivity (Wildman–Crippen MR) is 97.9 cm³/mol. The standard InChI is InChI=1S/C20H20FN3O3/c1-4-19-22-18(23-27-19)12-24(2)20(25)14-7-5-6-13(10-14)16-11-15(21)8-9-17(16)26-3/h5-11H,4,12H2,1-3H3. The molecule has 27 heavy (non-hydrogen) atoms. The third kappa shape index (κ3) is 4.13. The minimum absolute atomic E-state index is 0.199. The van der Waals surface area contributed by atoms with E-state index in [2.05, 4.69) is 10.1 Å². The van der Waals surface area contributed by atoms with Crippen LogP contribution in [-0.2, 0) is 13.0 Å². The van der Waals surface area contributed by atoms with E-state index < -0.39 is 0 Å². The Balaban J connectivity index is 1.84. The first-order valence-electron chi connectivity index (χ1n) is 8.52. The molecule has 1 heterocycles. The smallest absolute Gasteiger partial charge is 0.254 e. The van der Waals surface area contributed by atoms with Crippen LogP contribution in [0.25, 0.3) is 11.1 Å². The molecule has 0 fully saturated rings. The largest absolute Gasteiger partial charge is 0.496 e. The van der Waals surface area contributed by atoms with Crippen LogP contribution in [0.5, 0.6) is 5.75 Å². The minimum Gasteiger partial charge on any atom is -0.496 e. The van der Waals surface area contributed by atoms with Gasteiger partial charge in [0.1, 0.15) is 11.6 Å². The monoisotopic (exact) mass is 369 g/mol. The van der Waals surface area contributed by atoms with Crippen molar-refractivity contribution >= 4 is 5.91 Å². The number of hydrogen-bond donors (Lipinski definition) is 0. The number of methoxy groups -OCH3 is 1. The SMILES string of the molecule is CCc1nc(CN(C)C(=O)c2cccc(-c3cc(F)ccc3OC)c2)no1. The second-order valence-electron chi connectivity index (χ2n) is 6.04. The Labute approximate surface area is 156 Å². The summed E-state index contributed by atoms with van der Waals surface area (Å²) in [6.07, 6.45) is 0.641. The molecule has 0 spiro atoms. The Morgan fingerprint density at radius 2 is 2.07 bits per heavy atom. The number of hydrogen-bond acceptors (Lipinski definition) is 5. The molecule has 7 heteroatoms. The zero-order valence-electron chi connectivity index (χ0n) is 15.4. The molecule has 1 aromatic heterocycles. The molecule has 0 aliphatic rings. The van der Waals surface area contributed by atoms with Crippen LogP contribution in [0.4, 0.5) is 4.39 Å². The van der Waals surface area contributed by atoms with Gasteiger partial charge < -0.3 is 14.2 Å². The Morgan fingerprint density at radius 1 is 1.26 bits per heavy atom. The summed E-state index contributed by atoms with van der Waals surface area (Å²) in [5.41, 5.74) is 1.75. The zero-order valence-corrected chi connectivity index (χ0v) is 15.4. The van der Waals surface area contributed by atoms with Gasteiger partial charge in [0, 0.05) is 24.6 Å². The highest BCUT2D eigenvalue weighted by Gasteiger charge is 2.16. The van der Waals surface area contributed by atoms with E-state index in [9.17, 15) is 9.18 Å². The van der Waals surface area contributed by atoms with E-state index in [4.69, 9.17) is 9.26 Å². The molecule has 0 saturated carbocycles. The van der Waals surface area contributed by atoms with Crippen LogP contribution in [-0.4, -0.2) is 35.1 Å². The lowest BCUT2D eigenvalue weighted by Crippen LogP contribution is -2.26. The maximum Gasteiger partial charge on any atom is 0.254 e. The number of ether oxygens (including phenoxy) is 1. The summed E-state index contributed by atoms with van der Waals surface area (Å²) in [5, 5.41) is 3.86. The molecule has 0 aliphatic heterocycles. The summed E-state index contributed by atoms with van der Waals surface area (Å²) in [5.74, 6) is 0.948. The van der Waals surface area contributed by atoms with Gasteiger partial charge in [0.2, 0.25) is 5.89 Å². The van der Waals surface area contributed by atoms with Gasteiger partial charge in [-0.2, -0.15) is 4.98 Å². The van der Waals surface area contributed by atoms with E-state index in [1.54, 1.807) is 37.4 Å². The van der Waals surface area contributed by atoms with Gasteiger partial charge in [0.05, 0.1) is 13.7 Å². The van der Waals surface area contributed by atoms with Crippen molar-refractivity contribution in [3.63, 3.8) is 0 Å². The maximum absolute atomic E-state index is 13.7. The Hall–Kier alpha value is -3.22. The maximum atomic E-state index is 13.7. The number of carbonyl (C=O) groups excluding carboxylic acids is 1. The van der Waals surface area contributed by atoms with Crippen LogP contribution in [0.3, 0.4) is 0 Å². The number of nitrogens with zero attached hydrogens (tertiary/aromatic N) is 3. The highest BCUT2D eigenvalue weighted by Crippen LogP contribution is 2.31. The normalized spacial score (nSPS) is 10.7. The van der Waals surface area contributed by atoms with Gasteiger partial charge in [-0.1, -0.05) is 24.2 Å². The molecule has 0 aliphatic carbocycles. The van der Waals surface area contributed by atoms with E-state index in [-0.39, 0.29) is 18.3 Å². The number of aryl methyl sites for hydroxylation is 1. The van der Waals surface area contributed by atoms with Crippen LogP contribution < -0.4 is 4.74 Å². The van der Waals surface area contributed by atoms with E-state index in [0.29, 0.717) is 40.6 Å². The summed E-state index contributed by atoms with van der Waals surface area (Å²) >= 11 is 0.